The minimum absolute atomic E-state index is 0.230. The molecule has 0 aromatic heterocycles. The molecule has 0 amide bonds. The van der Waals surface area contributed by atoms with Crippen LogP contribution in [-0.4, -0.2) is 6.61 Å². The summed E-state index contributed by atoms with van der Waals surface area (Å²) in [5.41, 5.74) is 6.44. The number of nitrogens with one attached hydrogen (secondary N) is 1. The van der Waals surface area contributed by atoms with Gasteiger partial charge in [-0.1, -0.05) is 19.1 Å². The second-order valence-electron chi connectivity index (χ2n) is 4.29. The summed E-state index contributed by atoms with van der Waals surface area (Å²) in [6, 6.07) is 8.73. The summed E-state index contributed by atoms with van der Waals surface area (Å²) >= 11 is 0. The van der Waals surface area contributed by atoms with Crippen molar-refractivity contribution in [2.45, 2.75) is 13.3 Å². The molecule has 0 aliphatic heterocycles. The van der Waals surface area contributed by atoms with E-state index in [1.165, 1.54) is 18.2 Å². The fourth-order valence-electron chi connectivity index (χ4n) is 1.74. The van der Waals surface area contributed by atoms with Crippen LogP contribution in [0, 0.1) is 11.6 Å². The van der Waals surface area contributed by atoms with Crippen molar-refractivity contribution >= 4 is 17.1 Å². The van der Waals surface area contributed by atoms with Gasteiger partial charge in [-0.25, -0.2) is 8.78 Å². The Kier molecular flexibility index (Phi) is 4.40. The van der Waals surface area contributed by atoms with Crippen LogP contribution in [0.2, 0.25) is 0 Å². The first-order valence-electron chi connectivity index (χ1n) is 6.35. The van der Waals surface area contributed by atoms with E-state index in [1.54, 1.807) is 18.2 Å². The van der Waals surface area contributed by atoms with Gasteiger partial charge in [-0.05, 0) is 30.7 Å². The Morgan fingerprint density at radius 1 is 1.10 bits per heavy atom. The second kappa shape index (κ2) is 6.23. The zero-order valence-electron chi connectivity index (χ0n) is 11.1. The first-order chi connectivity index (χ1) is 9.63. The molecule has 0 bridgehead atoms. The molecule has 0 aliphatic rings. The number of halogens is 2. The van der Waals surface area contributed by atoms with Crippen molar-refractivity contribution < 1.29 is 13.5 Å². The van der Waals surface area contributed by atoms with Gasteiger partial charge in [0.15, 0.2) is 0 Å². The molecule has 0 heterocycles. The highest BCUT2D eigenvalue weighted by molar-refractivity contribution is 5.77. The average molecular weight is 278 g/mol. The molecule has 0 saturated heterocycles. The number of rotatable bonds is 5. The summed E-state index contributed by atoms with van der Waals surface area (Å²) in [5.74, 6) is -0.859. The van der Waals surface area contributed by atoms with E-state index in [9.17, 15) is 8.78 Å². The third-order valence-electron chi connectivity index (χ3n) is 2.75. The molecular weight excluding hydrogens is 262 g/mol. The van der Waals surface area contributed by atoms with Crippen molar-refractivity contribution in [3.8, 4) is 5.75 Å². The number of nitrogen functional groups attached to an aromatic ring is 1. The van der Waals surface area contributed by atoms with E-state index in [0.717, 1.165) is 6.42 Å². The number of nitrogens with two attached hydrogens (primary N) is 1. The summed E-state index contributed by atoms with van der Waals surface area (Å²) in [6.07, 6.45) is 0.846. The van der Waals surface area contributed by atoms with E-state index >= 15 is 0 Å². The lowest BCUT2D eigenvalue weighted by Crippen LogP contribution is -2.04. The number of hydrogen-bond acceptors (Lipinski definition) is 3. The smallest absolute Gasteiger partial charge is 0.149 e. The zero-order valence-corrected chi connectivity index (χ0v) is 11.1. The predicted molar refractivity (Wildman–Crippen MR) is 76.3 cm³/mol. The Labute approximate surface area is 116 Å². The maximum atomic E-state index is 13.6. The van der Waals surface area contributed by atoms with Crippen LogP contribution in [-0.2, 0) is 0 Å². The molecule has 0 fully saturated rings. The zero-order chi connectivity index (χ0) is 14.5. The normalized spacial score (nSPS) is 10.3. The van der Waals surface area contributed by atoms with Gasteiger partial charge < -0.3 is 15.8 Å². The summed E-state index contributed by atoms with van der Waals surface area (Å²) < 4.78 is 32.7. The Morgan fingerprint density at radius 2 is 1.75 bits per heavy atom. The van der Waals surface area contributed by atoms with Crippen molar-refractivity contribution in [3.05, 3.63) is 48.0 Å². The minimum atomic E-state index is -0.677. The first-order valence-corrected chi connectivity index (χ1v) is 6.35. The molecule has 3 nitrogen and oxygen atoms in total. The number of hydrogen-bond donors (Lipinski definition) is 2. The van der Waals surface area contributed by atoms with E-state index in [-0.39, 0.29) is 5.69 Å². The Balaban J connectivity index is 2.30. The lowest BCUT2D eigenvalue weighted by molar-refractivity contribution is 0.319. The van der Waals surface area contributed by atoms with E-state index in [2.05, 4.69) is 5.32 Å². The number of ether oxygens (including phenoxy) is 1. The molecule has 0 spiro atoms. The summed E-state index contributed by atoms with van der Waals surface area (Å²) in [5, 5.41) is 2.67. The van der Waals surface area contributed by atoms with Gasteiger partial charge in [-0.15, -0.1) is 0 Å². The van der Waals surface area contributed by atoms with Crippen LogP contribution in [0.3, 0.4) is 0 Å². The summed E-state index contributed by atoms with van der Waals surface area (Å²) in [4.78, 5) is 0. The molecule has 0 saturated carbocycles. The average Bonchev–Trinajstić information content (AvgIpc) is 2.43. The highest BCUT2D eigenvalue weighted by Gasteiger charge is 2.12. The van der Waals surface area contributed by atoms with Crippen LogP contribution in [0.15, 0.2) is 36.4 Å². The van der Waals surface area contributed by atoms with Crippen LogP contribution in [0.1, 0.15) is 13.3 Å². The second-order valence-corrected chi connectivity index (χ2v) is 4.29. The lowest BCUT2D eigenvalue weighted by atomic mass is 10.2. The Morgan fingerprint density at radius 3 is 2.40 bits per heavy atom. The quantitative estimate of drug-likeness (QED) is 0.810. The van der Waals surface area contributed by atoms with Gasteiger partial charge in [0.05, 0.1) is 18.0 Å². The molecule has 2 aromatic carbocycles. The fourth-order valence-corrected chi connectivity index (χ4v) is 1.74. The molecule has 2 rings (SSSR count). The molecule has 0 unspecified atom stereocenters. The predicted octanol–water partition coefficient (Wildman–Crippen LogP) is 4.08. The fraction of sp³-hybridized carbons (Fsp3) is 0.200. The first kappa shape index (κ1) is 14.1. The van der Waals surface area contributed by atoms with Gasteiger partial charge in [0, 0.05) is 0 Å². The molecule has 0 atom stereocenters. The van der Waals surface area contributed by atoms with Gasteiger partial charge in [0.2, 0.25) is 0 Å². The monoisotopic (exact) mass is 278 g/mol. The third-order valence-corrected chi connectivity index (χ3v) is 2.75. The van der Waals surface area contributed by atoms with Gasteiger partial charge in [-0.3, -0.25) is 0 Å². The van der Waals surface area contributed by atoms with Gasteiger partial charge in [-0.2, -0.15) is 0 Å². The molecule has 0 aliphatic carbocycles. The molecule has 0 radical (unpaired) electrons. The van der Waals surface area contributed by atoms with Crippen LogP contribution in [0.4, 0.5) is 25.8 Å². The Bertz CT molecular complexity index is 582. The number of benzene rings is 2. The van der Waals surface area contributed by atoms with Crippen molar-refractivity contribution in [1.29, 1.82) is 0 Å². The number of anilines is 3. The maximum absolute atomic E-state index is 13.6. The van der Waals surface area contributed by atoms with Crippen molar-refractivity contribution in [2.75, 3.05) is 17.7 Å². The third kappa shape index (κ3) is 2.99. The molecule has 5 heteroatoms. The van der Waals surface area contributed by atoms with Crippen LogP contribution in [0.25, 0.3) is 0 Å². The topological polar surface area (TPSA) is 47.3 Å². The maximum Gasteiger partial charge on any atom is 0.149 e. The lowest BCUT2D eigenvalue weighted by Gasteiger charge is -2.14. The van der Waals surface area contributed by atoms with Gasteiger partial charge >= 0.3 is 0 Å². The Hall–Kier alpha value is -2.30. The van der Waals surface area contributed by atoms with Crippen molar-refractivity contribution in [3.63, 3.8) is 0 Å². The molecule has 3 N–H and O–H groups in total. The van der Waals surface area contributed by atoms with E-state index in [0.29, 0.717) is 23.7 Å². The SMILES string of the molecule is CCCOc1cccc(Nc2c(F)cccc2F)c1N. The van der Waals surface area contributed by atoms with Crippen LogP contribution >= 0.6 is 0 Å². The molecule has 2 aromatic rings. The van der Waals surface area contributed by atoms with Crippen LogP contribution in [0.5, 0.6) is 5.75 Å². The minimum Gasteiger partial charge on any atom is -0.491 e. The van der Waals surface area contributed by atoms with Crippen molar-refractivity contribution in [1.82, 2.24) is 0 Å². The van der Waals surface area contributed by atoms with Crippen molar-refractivity contribution in [2.24, 2.45) is 0 Å². The van der Waals surface area contributed by atoms with E-state index in [4.69, 9.17) is 10.5 Å². The largest absolute Gasteiger partial charge is 0.491 e. The summed E-state index contributed by atoms with van der Waals surface area (Å²) in [6.45, 7) is 2.51. The van der Waals surface area contributed by atoms with Gasteiger partial charge in [0.25, 0.3) is 0 Å². The molecular formula is C15H16F2N2O. The van der Waals surface area contributed by atoms with E-state index < -0.39 is 11.6 Å². The molecule has 106 valence electrons. The highest BCUT2D eigenvalue weighted by Crippen LogP contribution is 2.33. The van der Waals surface area contributed by atoms with E-state index in [1.807, 2.05) is 6.92 Å². The summed E-state index contributed by atoms with van der Waals surface area (Å²) in [7, 11) is 0. The standard InChI is InChI=1S/C15H16F2N2O/c1-2-9-20-13-8-4-7-12(14(13)18)19-15-10(16)5-3-6-11(15)17/h3-8,19H,2,9,18H2,1H3. The molecule has 20 heavy (non-hydrogen) atoms. The van der Waals surface area contributed by atoms with Gasteiger partial charge in [0.1, 0.15) is 23.1 Å². The van der Waals surface area contributed by atoms with Crippen LogP contribution < -0.4 is 15.8 Å². The number of para-hydroxylation sites is 2. The highest BCUT2D eigenvalue weighted by atomic mass is 19.1.